The highest BCUT2D eigenvalue weighted by Gasteiger charge is 2.08. The van der Waals surface area contributed by atoms with Gasteiger partial charge in [-0.15, -0.1) is 5.10 Å². The average molecular weight is 402 g/mol. The second kappa shape index (κ2) is 7.55. The third-order valence-corrected chi connectivity index (χ3v) is 3.87. The third kappa shape index (κ3) is 6.37. The van der Waals surface area contributed by atoms with E-state index in [9.17, 15) is 13.2 Å². The minimum atomic E-state index is -3.41. The summed E-state index contributed by atoms with van der Waals surface area (Å²) in [4.78, 5) is 12.9. The molecule has 0 aliphatic rings. The van der Waals surface area contributed by atoms with Crippen LogP contribution >= 0.6 is 15.9 Å². The minimum Gasteiger partial charge on any atom is -0.354 e. The van der Waals surface area contributed by atoms with Gasteiger partial charge in [-0.3, -0.25) is 9.52 Å². The molecule has 1 aromatic heterocycles. The number of amides is 1. The van der Waals surface area contributed by atoms with Crippen LogP contribution in [0.1, 0.15) is 5.56 Å². The van der Waals surface area contributed by atoms with E-state index < -0.39 is 10.0 Å². The number of anilines is 1. The molecule has 0 atom stereocenters. The molecule has 0 saturated heterocycles. The molecule has 2 N–H and O–H groups in total. The Morgan fingerprint density at radius 2 is 2.00 bits per heavy atom. The Hall–Kier alpha value is -1.94. The molecule has 0 aliphatic carbocycles. The zero-order chi connectivity index (χ0) is 16.9. The van der Waals surface area contributed by atoms with Crippen molar-refractivity contribution in [2.75, 3.05) is 17.5 Å². The fourth-order valence-electron chi connectivity index (χ4n) is 1.79. The first-order valence-electron chi connectivity index (χ1n) is 6.71. The highest BCUT2D eigenvalue weighted by Crippen LogP contribution is 2.10. The van der Waals surface area contributed by atoms with Crippen molar-refractivity contribution in [2.24, 2.45) is 0 Å². The van der Waals surface area contributed by atoms with Crippen LogP contribution in [0.3, 0.4) is 0 Å². The molecule has 23 heavy (non-hydrogen) atoms. The number of benzene rings is 1. The fourth-order valence-corrected chi connectivity index (χ4v) is 2.53. The number of hydrogen-bond acceptors (Lipinski definition) is 5. The molecule has 0 aliphatic heterocycles. The van der Waals surface area contributed by atoms with Crippen LogP contribution in [-0.4, -0.2) is 42.1 Å². The first kappa shape index (κ1) is 17.4. The summed E-state index contributed by atoms with van der Waals surface area (Å²) in [6.45, 7) is 0.419. The average Bonchev–Trinajstić information content (AvgIpc) is 2.86. The van der Waals surface area contributed by atoms with E-state index in [0.717, 1.165) is 21.1 Å². The van der Waals surface area contributed by atoms with Gasteiger partial charge >= 0.3 is 0 Å². The van der Waals surface area contributed by atoms with Crippen LogP contribution in [0.15, 0.2) is 34.9 Å². The zero-order valence-electron chi connectivity index (χ0n) is 12.4. The lowest BCUT2D eigenvalue weighted by Crippen LogP contribution is -2.30. The van der Waals surface area contributed by atoms with Crippen LogP contribution in [0, 0.1) is 0 Å². The minimum absolute atomic E-state index is 0.0776. The maximum atomic E-state index is 11.8. The quantitative estimate of drug-likeness (QED) is 0.712. The van der Waals surface area contributed by atoms with Crippen molar-refractivity contribution < 1.29 is 13.2 Å². The molecule has 0 spiro atoms. The van der Waals surface area contributed by atoms with Crippen LogP contribution in [-0.2, 0) is 27.8 Å². The summed E-state index contributed by atoms with van der Waals surface area (Å²) in [5.41, 5.74) is 1.12. The number of hydrogen-bond donors (Lipinski definition) is 2. The molecule has 124 valence electrons. The molecule has 8 nitrogen and oxygen atoms in total. The van der Waals surface area contributed by atoms with Gasteiger partial charge in [0.05, 0.1) is 12.5 Å². The van der Waals surface area contributed by atoms with E-state index in [4.69, 9.17) is 0 Å². The Morgan fingerprint density at radius 3 is 2.65 bits per heavy atom. The lowest BCUT2D eigenvalue weighted by atomic mass is 10.1. The standard InChI is InChI=1S/C13H16BrN5O3S/c1-23(21,22)18-12-8-16-19(17-12)9-13(20)15-7-6-10-2-4-11(14)5-3-10/h2-5,8H,6-7,9H2,1H3,(H,15,20)(H,17,18). The zero-order valence-corrected chi connectivity index (χ0v) is 14.8. The van der Waals surface area contributed by atoms with E-state index in [1.165, 1.54) is 6.20 Å². The monoisotopic (exact) mass is 401 g/mol. The van der Waals surface area contributed by atoms with E-state index in [0.29, 0.717) is 13.0 Å². The summed E-state index contributed by atoms with van der Waals surface area (Å²) in [6, 6.07) is 7.85. The highest BCUT2D eigenvalue weighted by molar-refractivity contribution is 9.10. The van der Waals surface area contributed by atoms with Gasteiger partial charge in [0.15, 0.2) is 5.82 Å². The normalized spacial score (nSPS) is 11.2. The van der Waals surface area contributed by atoms with Gasteiger partial charge < -0.3 is 5.32 Å². The SMILES string of the molecule is CS(=O)(=O)Nc1cnn(CC(=O)NCCc2ccc(Br)cc2)n1. The van der Waals surface area contributed by atoms with Crippen molar-refractivity contribution in [3.05, 3.63) is 40.5 Å². The Morgan fingerprint density at radius 1 is 1.30 bits per heavy atom. The number of sulfonamides is 1. The van der Waals surface area contributed by atoms with Crippen molar-refractivity contribution >= 4 is 37.7 Å². The topological polar surface area (TPSA) is 106 Å². The van der Waals surface area contributed by atoms with Gasteiger partial charge in [-0.05, 0) is 24.1 Å². The second-order valence-electron chi connectivity index (χ2n) is 4.86. The van der Waals surface area contributed by atoms with E-state index in [-0.39, 0.29) is 18.3 Å². The molecular formula is C13H16BrN5O3S. The molecule has 2 rings (SSSR count). The summed E-state index contributed by atoms with van der Waals surface area (Å²) < 4.78 is 25.3. The molecule has 1 heterocycles. The molecule has 0 bridgehead atoms. The molecule has 0 fully saturated rings. The predicted octanol–water partition coefficient (Wildman–Crippen LogP) is 0.771. The predicted molar refractivity (Wildman–Crippen MR) is 89.3 cm³/mol. The number of rotatable bonds is 7. The maximum Gasteiger partial charge on any atom is 0.243 e. The van der Waals surface area contributed by atoms with Crippen LogP contribution in [0.4, 0.5) is 5.82 Å². The maximum absolute atomic E-state index is 11.8. The summed E-state index contributed by atoms with van der Waals surface area (Å²) in [6.07, 6.45) is 2.98. The molecule has 0 unspecified atom stereocenters. The summed E-state index contributed by atoms with van der Waals surface area (Å²) >= 11 is 3.36. The van der Waals surface area contributed by atoms with E-state index in [2.05, 4.69) is 36.2 Å². The Kier molecular flexibility index (Phi) is 5.72. The van der Waals surface area contributed by atoms with Gasteiger partial charge in [-0.25, -0.2) is 8.42 Å². The van der Waals surface area contributed by atoms with Crippen LogP contribution in [0.5, 0.6) is 0 Å². The molecule has 1 amide bonds. The van der Waals surface area contributed by atoms with Crippen LogP contribution in [0.2, 0.25) is 0 Å². The lowest BCUT2D eigenvalue weighted by molar-refractivity contribution is -0.122. The molecule has 10 heteroatoms. The molecule has 0 saturated carbocycles. The number of nitrogens with one attached hydrogen (secondary N) is 2. The number of aromatic nitrogens is 3. The van der Waals surface area contributed by atoms with Gasteiger partial charge in [-0.2, -0.15) is 9.90 Å². The summed E-state index contributed by atoms with van der Waals surface area (Å²) in [7, 11) is -3.41. The number of carbonyl (C=O) groups excluding carboxylic acids is 1. The smallest absolute Gasteiger partial charge is 0.243 e. The third-order valence-electron chi connectivity index (χ3n) is 2.76. The van der Waals surface area contributed by atoms with Crippen molar-refractivity contribution in [3.8, 4) is 0 Å². The van der Waals surface area contributed by atoms with E-state index >= 15 is 0 Å². The molecule has 0 radical (unpaired) electrons. The van der Waals surface area contributed by atoms with Crippen LogP contribution in [0.25, 0.3) is 0 Å². The van der Waals surface area contributed by atoms with Crippen molar-refractivity contribution in [2.45, 2.75) is 13.0 Å². The van der Waals surface area contributed by atoms with Gasteiger partial charge in [-0.1, -0.05) is 28.1 Å². The molecule has 2 aromatic rings. The van der Waals surface area contributed by atoms with E-state index in [1.54, 1.807) is 0 Å². The largest absolute Gasteiger partial charge is 0.354 e. The number of nitrogens with zero attached hydrogens (tertiary/aromatic N) is 3. The second-order valence-corrected chi connectivity index (χ2v) is 7.52. The summed E-state index contributed by atoms with van der Waals surface area (Å²) in [5, 5.41) is 10.5. The highest BCUT2D eigenvalue weighted by atomic mass is 79.9. The molecule has 1 aromatic carbocycles. The van der Waals surface area contributed by atoms with Gasteiger partial charge in [0.2, 0.25) is 15.9 Å². The Labute approximate surface area is 142 Å². The number of halogens is 1. The Balaban J connectivity index is 1.77. The number of carbonyl (C=O) groups is 1. The van der Waals surface area contributed by atoms with Gasteiger partial charge in [0.1, 0.15) is 6.54 Å². The lowest BCUT2D eigenvalue weighted by Gasteiger charge is -2.05. The van der Waals surface area contributed by atoms with Crippen molar-refractivity contribution in [3.63, 3.8) is 0 Å². The van der Waals surface area contributed by atoms with Crippen LogP contribution < -0.4 is 10.0 Å². The Bertz CT molecular complexity index is 773. The molecular weight excluding hydrogens is 386 g/mol. The van der Waals surface area contributed by atoms with E-state index in [1.807, 2.05) is 24.3 Å². The fraction of sp³-hybridized carbons (Fsp3) is 0.308. The first-order valence-corrected chi connectivity index (χ1v) is 9.39. The van der Waals surface area contributed by atoms with Crippen molar-refractivity contribution in [1.82, 2.24) is 20.3 Å². The first-order chi connectivity index (χ1) is 10.8. The van der Waals surface area contributed by atoms with Crippen molar-refractivity contribution in [1.29, 1.82) is 0 Å². The van der Waals surface area contributed by atoms with Gasteiger partial charge in [0.25, 0.3) is 0 Å². The summed E-state index contributed by atoms with van der Waals surface area (Å²) in [5.74, 6) is -0.168. The van der Waals surface area contributed by atoms with Gasteiger partial charge in [0, 0.05) is 11.0 Å².